The van der Waals surface area contributed by atoms with E-state index in [0.717, 1.165) is 10.5 Å². The normalized spacial score (nSPS) is 12.2. The molecule has 1 aromatic rings. The smallest absolute Gasteiger partial charge is 0.410 e. The molecule has 0 radical (unpaired) electrons. The maximum atomic E-state index is 12.4. The topological polar surface area (TPSA) is 105 Å². The van der Waals surface area contributed by atoms with Gasteiger partial charge in [-0.05, 0) is 38.7 Å². The minimum absolute atomic E-state index is 0.000168. The van der Waals surface area contributed by atoms with Crippen molar-refractivity contribution in [1.29, 1.82) is 0 Å². The molecule has 1 atom stereocenters. The molecule has 0 aromatic heterocycles. The Kier molecular flexibility index (Phi) is 9.44. The number of aliphatic carboxylic acids is 1. The second-order valence-corrected chi connectivity index (χ2v) is 8.29. The summed E-state index contributed by atoms with van der Waals surface area (Å²) in [5.74, 6) is -0.953. The molecule has 0 aliphatic heterocycles. The van der Waals surface area contributed by atoms with Crippen molar-refractivity contribution in [3.05, 3.63) is 35.9 Å². The SMILES string of the molecule is CC(C)C[C@@H](CN(CC(=O)O)C(=O)OC(C)(C)C)NC(=O)OCc1ccccc1. The van der Waals surface area contributed by atoms with Crippen LogP contribution < -0.4 is 5.32 Å². The van der Waals surface area contributed by atoms with Crippen molar-refractivity contribution in [2.24, 2.45) is 5.92 Å². The first-order valence-electron chi connectivity index (χ1n) is 9.63. The molecular weight excluding hydrogens is 376 g/mol. The number of amides is 2. The van der Waals surface area contributed by atoms with Crippen LogP contribution in [0.1, 0.15) is 46.6 Å². The number of alkyl carbamates (subject to hydrolysis) is 1. The summed E-state index contributed by atoms with van der Waals surface area (Å²) in [4.78, 5) is 36.9. The fourth-order valence-electron chi connectivity index (χ4n) is 2.64. The van der Waals surface area contributed by atoms with E-state index in [-0.39, 0.29) is 19.1 Å². The van der Waals surface area contributed by atoms with Gasteiger partial charge in [-0.3, -0.25) is 9.69 Å². The number of nitrogens with one attached hydrogen (secondary N) is 1. The summed E-state index contributed by atoms with van der Waals surface area (Å²) in [5.41, 5.74) is 0.0907. The summed E-state index contributed by atoms with van der Waals surface area (Å²) in [6.07, 6.45) is -0.827. The molecule has 1 rings (SSSR count). The fourth-order valence-corrected chi connectivity index (χ4v) is 2.64. The highest BCUT2D eigenvalue weighted by molar-refractivity contribution is 5.77. The summed E-state index contributed by atoms with van der Waals surface area (Å²) in [7, 11) is 0. The van der Waals surface area contributed by atoms with E-state index >= 15 is 0 Å². The maximum absolute atomic E-state index is 12.4. The van der Waals surface area contributed by atoms with Gasteiger partial charge in [0.05, 0.1) is 6.04 Å². The third kappa shape index (κ3) is 11.0. The van der Waals surface area contributed by atoms with Gasteiger partial charge in [-0.2, -0.15) is 0 Å². The van der Waals surface area contributed by atoms with E-state index in [0.29, 0.717) is 6.42 Å². The summed E-state index contributed by atoms with van der Waals surface area (Å²) in [6, 6.07) is 8.78. The Labute approximate surface area is 172 Å². The number of ether oxygens (including phenoxy) is 2. The molecular formula is C21H32N2O6. The van der Waals surface area contributed by atoms with Gasteiger partial charge >= 0.3 is 18.2 Å². The fraction of sp³-hybridized carbons (Fsp3) is 0.571. The average molecular weight is 408 g/mol. The van der Waals surface area contributed by atoms with Crippen LogP contribution in [-0.2, 0) is 20.9 Å². The van der Waals surface area contributed by atoms with Crippen molar-refractivity contribution < 1.29 is 29.0 Å². The van der Waals surface area contributed by atoms with Crippen LogP contribution in [0.2, 0.25) is 0 Å². The summed E-state index contributed by atoms with van der Waals surface area (Å²) < 4.78 is 10.5. The van der Waals surface area contributed by atoms with Crippen molar-refractivity contribution >= 4 is 18.2 Å². The molecule has 0 unspecified atom stereocenters. The number of benzene rings is 1. The number of hydrogen-bond acceptors (Lipinski definition) is 5. The average Bonchev–Trinajstić information content (AvgIpc) is 2.58. The Morgan fingerprint density at radius 2 is 1.76 bits per heavy atom. The number of carbonyl (C=O) groups excluding carboxylic acids is 2. The largest absolute Gasteiger partial charge is 0.480 e. The molecule has 1 aromatic carbocycles. The molecule has 0 fully saturated rings. The number of hydrogen-bond donors (Lipinski definition) is 2. The number of rotatable bonds is 9. The number of carboxylic acids is 1. The number of nitrogens with zero attached hydrogens (tertiary/aromatic N) is 1. The lowest BCUT2D eigenvalue weighted by molar-refractivity contribution is -0.138. The maximum Gasteiger partial charge on any atom is 0.410 e. The molecule has 2 N–H and O–H groups in total. The lowest BCUT2D eigenvalue weighted by atomic mass is 10.0. The summed E-state index contributed by atoms with van der Waals surface area (Å²) >= 11 is 0. The van der Waals surface area contributed by atoms with Gasteiger partial charge in [0.2, 0.25) is 0 Å². The summed E-state index contributed by atoms with van der Waals surface area (Å²) in [5, 5.41) is 11.9. The van der Waals surface area contributed by atoms with E-state index in [1.54, 1.807) is 20.8 Å². The van der Waals surface area contributed by atoms with Crippen molar-refractivity contribution in [1.82, 2.24) is 10.2 Å². The zero-order chi connectivity index (χ0) is 22.0. The van der Waals surface area contributed by atoms with Gasteiger partial charge in [-0.1, -0.05) is 44.2 Å². The zero-order valence-electron chi connectivity index (χ0n) is 17.8. The van der Waals surface area contributed by atoms with Crippen LogP contribution in [0.5, 0.6) is 0 Å². The van der Waals surface area contributed by atoms with Crippen LogP contribution in [-0.4, -0.2) is 52.9 Å². The van der Waals surface area contributed by atoms with Crippen LogP contribution in [0.25, 0.3) is 0 Å². The minimum atomic E-state index is -1.16. The van der Waals surface area contributed by atoms with E-state index in [1.807, 2.05) is 44.2 Å². The Balaban J connectivity index is 2.77. The van der Waals surface area contributed by atoms with Crippen molar-refractivity contribution in [3.63, 3.8) is 0 Å². The highest BCUT2D eigenvalue weighted by Gasteiger charge is 2.27. The molecule has 0 aliphatic rings. The molecule has 8 heteroatoms. The predicted molar refractivity (Wildman–Crippen MR) is 108 cm³/mol. The Morgan fingerprint density at radius 3 is 2.28 bits per heavy atom. The van der Waals surface area contributed by atoms with Gasteiger partial charge in [0.1, 0.15) is 18.8 Å². The lowest BCUT2D eigenvalue weighted by Crippen LogP contribution is -2.49. The van der Waals surface area contributed by atoms with E-state index in [9.17, 15) is 14.4 Å². The van der Waals surface area contributed by atoms with E-state index in [2.05, 4.69) is 5.32 Å². The molecule has 0 spiro atoms. The van der Waals surface area contributed by atoms with Gasteiger partial charge in [-0.25, -0.2) is 9.59 Å². The van der Waals surface area contributed by atoms with Gasteiger partial charge in [0.25, 0.3) is 0 Å². The molecule has 0 aliphatic carbocycles. The summed E-state index contributed by atoms with van der Waals surface area (Å²) in [6.45, 7) is 8.64. The molecule has 162 valence electrons. The highest BCUT2D eigenvalue weighted by Crippen LogP contribution is 2.13. The van der Waals surface area contributed by atoms with Crippen LogP contribution in [0.3, 0.4) is 0 Å². The molecule has 2 amide bonds. The van der Waals surface area contributed by atoms with Gasteiger partial charge in [-0.15, -0.1) is 0 Å². The molecule has 0 bridgehead atoms. The van der Waals surface area contributed by atoms with Crippen molar-refractivity contribution in [3.8, 4) is 0 Å². The molecule has 8 nitrogen and oxygen atoms in total. The van der Waals surface area contributed by atoms with E-state index < -0.39 is 36.3 Å². The standard InChI is InChI=1S/C21H32N2O6/c1-15(2)11-17(22-19(26)28-14-16-9-7-6-8-10-16)12-23(13-18(24)25)20(27)29-21(3,4)5/h6-10,15,17H,11-14H2,1-5H3,(H,22,26)(H,24,25)/t17-/m0/s1. The van der Waals surface area contributed by atoms with E-state index in [1.165, 1.54) is 0 Å². The minimum Gasteiger partial charge on any atom is -0.480 e. The zero-order valence-corrected chi connectivity index (χ0v) is 17.8. The quantitative estimate of drug-likeness (QED) is 0.646. The van der Waals surface area contributed by atoms with Crippen molar-refractivity contribution in [2.45, 2.75) is 59.3 Å². The van der Waals surface area contributed by atoms with Crippen LogP contribution in [0.4, 0.5) is 9.59 Å². The molecule has 29 heavy (non-hydrogen) atoms. The third-order valence-corrected chi connectivity index (χ3v) is 3.71. The second kappa shape index (κ2) is 11.3. The molecule has 0 heterocycles. The van der Waals surface area contributed by atoms with Crippen LogP contribution >= 0.6 is 0 Å². The number of carboxylic acid groups (broad SMARTS) is 1. The monoisotopic (exact) mass is 408 g/mol. The molecule has 0 saturated heterocycles. The lowest BCUT2D eigenvalue weighted by Gasteiger charge is -2.30. The van der Waals surface area contributed by atoms with Crippen LogP contribution in [0.15, 0.2) is 30.3 Å². The van der Waals surface area contributed by atoms with Gasteiger partial charge < -0.3 is 19.9 Å². The first-order chi connectivity index (χ1) is 13.5. The molecule has 0 saturated carbocycles. The van der Waals surface area contributed by atoms with Gasteiger partial charge in [0, 0.05) is 6.54 Å². The first kappa shape index (κ1) is 24.3. The highest BCUT2D eigenvalue weighted by atomic mass is 16.6. The van der Waals surface area contributed by atoms with Crippen molar-refractivity contribution in [2.75, 3.05) is 13.1 Å². The third-order valence-electron chi connectivity index (χ3n) is 3.71. The predicted octanol–water partition coefficient (Wildman–Crippen LogP) is 3.65. The number of carbonyl (C=O) groups is 3. The Morgan fingerprint density at radius 1 is 1.14 bits per heavy atom. The Bertz CT molecular complexity index is 669. The second-order valence-electron chi connectivity index (χ2n) is 8.29. The van der Waals surface area contributed by atoms with Gasteiger partial charge in [0.15, 0.2) is 0 Å². The van der Waals surface area contributed by atoms with Crippen LogP contribution in [0, 0.1) is 5.92 Å². The first-order valence-corrected chi connectivity index (χ1v) is 9.63. The van der Waals surface area contributed by atoms with E-state index in [4.69, 9.17) is 14.6 Å². The Hall–Kier alpha value is -2.77.